The zero-order valence-electron chi connectivity index (χ0n) is 2.33. The third-order valence-corrected chi connectivity index (χ3v) is 0. The van der Waals surface area contributed by atoms with Crippen molar-refractivity contribution in [1.29, 1.82) is 0 Å². The molecule has 0 N–H and O–H groups in total. The Balaban J connectivity index is 2.32. The molecule has 0 nitrogen and oxygen atoms in total. The minimum atomic E-state index is -1.40. The predicted molar refractivity (Wildman–Crippen MR) is 28.8 cm³/mol. The zero-order valence-corrected chi connectivity index (χ0v) is 8.27. The van der Waals surface area contributed by atoms with E-state index in [0.29, 0.717) is 0 Å². The van der Waals surface area contributed by atoms with E-state index < -0.39 is 11.8 Å². The van der Waals surface area contributed by atoms with Gasteiger partial charge in [0.15, 0.2) is 0 Å². The minimum absolute atomic E-state index is 1.07. The van der Waals surface area contributed by atoms with Crippen molar-refractivity contribution in [2.75, 3.05) is 0 Å². The van der Waals surface area contributed by atoms with Crippen LogP contribution < -0.4 is 0 Å². The van der Waals surface area contributed by atoms with Crippen LogP contribution in [0.4, 0.5) is 0 Å². The van der Waals surface area contributed by atoms with Crippen LogP contribution in [0.1, 0.15) is 0 Å². The van der Waals surface area contributed by atoms with Crippen LogP contribution in [0, 0.1) is 0 Å². The number of halogens is 2. The van der Waals surface area contributed by atoms with E-state index in [4.69, 9.17) is 20.0 Å². The molecule has 0 fully saturated rings. The second-order valence-electron chi connectivity index (χ2n) is 0.519. The first-order valence-electron chi connectivity index (χ1n) is 1.01. The molecular formula is H4Cl2GeSi. The van der Waals surface area contributed by atoms with Gasteiger partial charge in [-0.05, 0) is 0 Å². The Morgan fingerprint density at radius 3 is 1.50 bits per heavy atom. The van der Waals surface area contributed by atoms with Crippen LogP contribution in [-0.4, -0.2) is 20.6 Å². The molecule has 0 heterocycles. The summed E-state index contributed by atoms with van der Waals surface area (Å²) in [6.45, 7) is 0. The van der Waals surface area contributed by atoms with Gasteiger partial charge in [0, 0.05) is 0 Å². The van der Waals surface area contributed by atoms with E-state index in [9.17, 15) is 0 Å². The van der Waals surface area contributed by atoms with E-state index in [1.54, 1.807) is 0 Å². The molecular weight excluding hydrogens is 172 g/mol. The summed E-state index contributed by atoms with van der Waals surface area (Å²) in [6, 6.07) is 0. The summed E-state index contributed by atoms with van der Waals surface area (Å²) in [5.74, 6) is 0. The molecule has 26 valence electrons. The molecule has 4 heavy (non-hydrogen) atoms. The van der Waals surface area contributed by atoms with Crippen LogP contribution in [-0.2, 0) is 0 Å². The van der Waals surface area contributed by atoms with E-state index in [1.165, 1.54) is 0 Å². The molecule has 0 rings (SSSR count). The Labute approximate surface area is 40.8 Å². The van der Waals surface area contributed by atoms with Crippen LogP contribution in [0.3, 0.4) is 0 Å². The first-order chi connectivity index (χ1) is 1.73. The summed E-state index contributed by atoms with van der Waals surface area (Å²) >= 11 is -1.40. The molecule has 0 unspecified atom stereocenters. The standard InChI is InChI=1S/Cl2GeH4Si/c1-3(2)4/h3H,4H3. The van der Waals surface area contributed by atoms with Crippen molar-refractivity contribution >= 4 is 40.6 Å². The van der Waals surface area contributed by atoms with Gasteiger partial charge in [-0.15, -0.1) is 0 Å². The second kappa shape index (κ2) is 2.57. The topological polar surface area (TPSA) is 0 Å². The zero-order chi connectivity index (χ0) is 3.58. The molecule has 0 aliphatic carbocycles. The molecule has 0 atom stereocenters. The fourth-order valence-corrected chi connectivity index (χ4v) is 0. The Kier molecular flexibility index (Phi) is 3.43. The summed E-state index contributed by atoms with van der Waals surface area (Å²) in [4.78, 5) is 0. The summed E-state index contributed by atoms with van der Waals surface area (Å²) in [7, 11) is 11.6. The Morgan fingerprint density at radius 1 is 1.50 bits per heavy atom. The monoisotopic (exact) mass is 176 g/mol. The second-order valence-corrected chi connectivity index (χ2v) is 24.3. The van der Waals surface area contributed by atoms with Crippen molar-refractivity contribution in [2.24, 2.45) is 0 Å². The van der Waals surface area contributed by atoms with Crippen LogP contribution in [0.25, 0.3) is 0 Å². The predicted octanol–water partition coefficient (Wildman–Crippen LogP) is -0.453. The molecule has 0 radical (unpaired) electrons. The van der Waals surface area contributed by atoms with Gasteiger partial charge in [-0.2, -0.15) is 0 Å². The average Bonchev–Trinajstić information content (AvgIpc) is 0.811. The van der Waals surface area contributed by atoms with Crippen LogP contribution >= 0.6 is 20.0 Å². The summed E-state index contributed by atoms with van der Waals surface area (Å²) in [5, 5.41) is 0. The van der Waals surface area contributed by atoms with Gasteiger partial charge in [0.1, 0.15) is 0 Å². The number of hydrogen-bond donors (Lipinski definition) is 0. The van der Waals surface area contributed by atoms with Crippen molar-refractivity contribution in [2.45, 2.75) is 0 Å². The number of hydrogen-bond acceptors (Lipinski definition) is 0. The van der Waals surface area contributed by atoms with Crippen LogP contribution in [0.5, 0.6) is 0 Å². The van der Waals surface area contributed by atoms with Crippen molar-refractivity contribution in [1.82, 2.24) is 0 Å². The first kappa shape index (κ1) is 5.34. The Bertz CT molecular complexity index is 10.8. The Hall–Kier alpha value is 1.34. The van der Waals surface area contributed by atoms with E-state index >= 15 is 0 Å². The molecule has 0 aliphatic rings. The van der Waals surface area contributed by atoms with Gasteiger partial charge in [-0.1, -0.05) is 0 Å². The molecule has 0 bridgehead atoms. The molecule has 0 amide bonds. The quantitative estimate of drug-likeness (QED) is 0.438. The Morgan fingerprint density at radius 2 is 1.50 bits per heavy atom. The molecule has 0 aliphatic heterocycles. The van der Waals surface area contributed by atoms with Gasteiger partial charge in [0.25, 0.3) is 0 Å². The van der Waals surface area contributed by atoms with Gasteiger partial charge in [0.2, 0.25) is 0 Å². The third kappa shape index (κ3) is 10.2. The van der Waals surface area contributed by atoms with Crippen LogP contribution in [0.2, 0.25) is 0 Å². The van der Waals surface area contributed by atoms with Crippen LogP contribution in [0.15, 0.2) is 0 Å². The fraction of sp³-hybridized carbons (Fsp3) is 0. The molecule has 0 aromatic heterocycles. The van der Waals surface area contributed by atoms with Crippen molar-refractivity contribution in [3.8, 4) is 0 Å². The van der Waals surface area contributed by atoms with Gasteiger partial charge in [-0.25, -0.2) is 0 Å². The van der Waals surface area contributed by atoms with Crippen molar-refractivity contribution < 1.29 is 0 Å². The van der Waals surface area contributed by atoms with E-state index in [1.807, 2.05) is 0 Å². The summed E-state index contributed by atoms with van der Waals surface area (Å²) < 4.78 is 0. The molecule has 0 aromatic rings. The number of rotatable bonds is 0. The van der Waals surface area contributed by atoms with Gasteiger partial charge in [0.05, 0.1) is 0 Å². The average molecular weight is 176 g/mol. The normalized spacial score (nSPS) is 9.75. The van der Waals surface area contributed by atoms with Crippen molar-refractivity contribution in [3.63, 3.8) is 0 Å². The van der Waals surface area contributed by atoms with E-state index in [-0.39, 0.29) is 0 Å². The fourth-order valence-electron chi connectivity index (χ4n) is 0. The molecule has 0 saturated carbocycles. The third-order valence-electron chi connectivity index (χ3n) is 0. The van der Waals surface area contributed by atoms with Gasteiger partial charge >= 0.3 is 40.6 Å². The molecule has 0 aromatic carbocycles. The maximum atomic E-state index is 5.29. The SMILES string of the molecule is [SiH3][GeH]([Cl])[Cl]. The van der Waals surface area contributed by atoms with Gasteiger partial charge < -0.3 is 0 Å². The first-order valence-corrected chi connectivity index (χ1v) is 15.8. The maximum absolute atomic E-state index is 5.29. The summed E-state index contributed by atoms with van der Waals surface area (Å²) in [5.41, 5.74) is 0. The molecule has 0 saturated heterocycles. The van der Waals surface area contributed by atoms with E-state index in [2.05, 4.69) is 0 Å². The molecule has 4 heteroatoms. The van der Waals surface area contributed by atoms with E-state index in [0.717, 1.165) is 8.77 Å². The summed E-state index contributed by atoms with van der Waals surface area (Å²) in [6.07, 6.45) is 0. The van der Waals surface area contributed by atoms with Crippen molar-refractivity contribution in [3.05, 3.63) is 0 Å². The molecule has 0 spiro atoms. The van der Waals surface area contributed by atoms with Gasteiger partial charge in [-0.3, -0.25) is 0 Å².